The lowest BCUT2D eigenvalue weighted by molar-refractivity contribution is 0.0123. The van der Waals surface area contributed by atoms with E-state index in [1.165, 1.54) is 16.4 Å². The van der Waals surface area contributed by atoms with Gasteiger partial charge in [-0.3, -0.25) is 4.68 Å². The average molecular weight is 338 g/mol. The van der Waals surface area contributed by atoms with Crippen molar-refractivity contribution >= 4 is 28.4 Å². The molecule has 0 atom stereocenters. The molecular formula is C13H18ClF2N3OS. The van der Waals surface area contributed by atoms with Gasteiger partial charge in [0.1, 0.15) is 21.5 Å². The molecule has 2 heterocycles. The van der Waals surface area contributed by atoms with Crippen LogP contribution in [-0.4, -0.2) is 20.4 Å². The number of hydrogen-bond acceptors (Lipinski definition) is 4. The van der Waals surface area contributed by atoms with Crippen LogP contribution in [0.1, 0.15) is 57.8 Å². The third-order valence-corrected chi connectivity index (χ3v) is 4.41. The first-order valence-electron chi connectivity index (χ1n) is 6.64. The number of rotatable bonds is 4. The molecule has 0 aliphatic carbocycles. The van der Waals surface area contributed by atoms with Gasteiger partial charge in [-0.2, -0.15) is 5.10 Å². The van der Waals surface area contributed by atoms with Gasteiger partial charge in [-0.25, -0.2) is 8.78 Å². The molecule has 0 fully saturated rings. The van der Waals surface area contributed by atoms with E-state index >= 15 is 0 Å². The van der Waals surface area contributed by atoms with Gasteiger partial charge in [-0.1, -0.05) is 16.8 Å². The van der Waals surface area contributed by atoms with Crippen molar-refractivity contribution in [3.63, 3.8) is 0 Å². The van der Waals surface area contributed by atoms with Crippen LogP contribution in [0.15, 0.2) is 5.16 Å². The standard InChI is InChI=1S/C13H18ClF2N3OS/c1-7(2)19-11(14)8(10(17-19)12(15)16)6-21-9-5-13(3,4)20-18-9/h7,12H,5-6H2,1-4H3. The SMILES string of the molecule is CC(C)n1nc(C(F)F)c(CSC2=NOC(C)(C)C2)c1Cl. The van der Waals surface area contributed by atoms with E-state index in [1.807, 2.05) is 27.7 Å². The lowest BCUT2D eigenvalue weighted by atomic mass is 10.1. The minimum absolute atomic E-state index is 0.0696. The predicted molar refractivity (Wildman–Crippen MR) is 81.1 cm³/mol. The first kappa shape index (κ1) is 16.5. The van der Waals surface area contributed by atoms with Crippen LogP contribution in [0.4, 0.5) is 8.78 Å². The molecule has 0 bridgehead atoms. The molecule has 21 heavy (non-hydrogen) atoms. The summed E-state index contributed by atoms with van der Waals surface area (Å²) in [5, 5.41) is 8.96. The van der Waals surface area contributed by atoms with Crippen LogP contribution in [0.2, 0.25) is 5.15 Å². The second kappa shape index (κ2) is 6.12. The van der Waals surface area contributed by atoms with Gasteiger partial charge in [0, 0.05) is 23.8 Å². The van der Waals surface area contributed by atoms with Crippen molar-refractivity contribution in [1.29, 1.82) is 0 Å². The van der Waals surface area contributed by atoms with Crippen molar-refractivity contribution in [1.82, 2.24) is 9.78 Å². The Morgan fingerprint density at radius 1 is 1.43 bits per heavy atom. The second-order valence-corrected chi connectivity index (χ2v) is 7.20. The number of hydrogen-bond donors (Lipinski definition) is 0. The van der Waals surface area contributed by atoms with E-state index in [0.717, 1.165) is 5.04 Å². The zero-order chi connectivity index (χ0) is 15.8. The molecule has 0 amide bonds. The van der Waals surface area contributed by atoms with Gasteiger partial charge in [0.15, 0.2) is 0 Å². The van der Waals surface area contributed by atoms with Crippen LogP contribution in [0.3, 0.4) is 0 Å². The Labute approximate surface area is 131 Å². The van der Waals surface area contributed by atoms with Gasteiger partial charge in [0.2, 0.25) is 0 Å². The van der Waals surface area contributed by atoms with E-state index in [-0.39, 0.29) is 22.5 Å². The Kier molecular flexibility index (Phi) is 4.82. The van der Waals surface area contributed by atoms with Crippen molar-refractivity contribution in [2.45, 2.75) is 57.9 Å². The normalized spacial score (nSPS) is 17.5. The van der Waals surface area contributed by atoms with Crippen LogP contribution in [-0.2, 0) is 10.6 Å². The third kappa shape index (κ3) is 3.69. The summed E-state index contributed by atoms with van der Waals surface area (Å²) in [6, 6.07) is -0.0696. The van der Waals surface area contributed by atoms with E-state index < -0.39 is 6.43 Å². The summed E-state index contributed by atoms with van der Waals surface area (Å²) in [5.74, 6) is 0.309. The summed E-state index contributed by atoms with van der Waals surface area (Å²) >= 11 is 7.56. The maximum absolute atomic E-state index is 13.1. The molecule has 0 N–H and O–H groups in total. The Hall–Kier alpha value is -0.820. The van der Waals surface area contributed by atoms with E-state index in [9.17, 15) is 8.78 Å². The first-order valence-corrected chi connectivity index (χ1v) is 8.00. The van der Waals surface area contributed by atoms with Crippen LogP contribution >= 0.6 is 23.4 Å². The summed E-state index contributed by atoms with van der Waals surface area (Å²) in [7, 11) is 0. The molecule has 0 radical (unpaired) electrons. The van der Waals surface area contributed by atoms with Crippen molar-refractivity contribution < 1.29 is 13.6 Å². The Balaban J connectivity index is 2.16. The van der Waals surface area contributed by atoms with Gasteiger partial charge >= 0.3 is 0 Å². The number of halogens is 3. The Morgan fingerprint density at radius 2 is 2.10 bits per heavy atom. The van der Waals surface area contributed by atoms with E-state index in [4.69, 9.17) is 16.4 Å². The molecule has 8 heteroatoms. The van der Waals surface area contributed by atoms with Gasteiger partial charge in [-0.15, -0.1) is 11.8 Å². The molecule has 1 aromatic rings. The minimum Gasteiger partial charge on any atom is -0.389 e. The summed E-state index contributed by atoms with van der Waals surface area (Å²) in [4.78, 5) is 5.26. The monoisotopic (exact) mass is 337 g/mol. The Bertz CT molecular complexity index is 558. The molecule has 0 spiro atoms. The summed E-state index contributed by atoms with van der Waals surface area (Å²) in [6.07, 6.45) is -1.98. The van der Waals surface area contributed by atoms with Gasteiger partial charge in [0.05, 0.1) is 0 Å². The van der Waals surface area contributed by atoms with Gasteiger partial charge < -0.3 is 4.84 Å². The van der Waals surface area contributed by atoms with Crippen LogP contribution in [0.5, 0.6) is 0 Å². The number of alkyl halides is 2. The van der Waals surface area contributed by atoms with Gasteiger partial charge in [0.25, 0.3) is 6.43 Å². The fourth-order valence-electron chi connectivity index (χ4n) is 1.95. The number of nitrogens with zero attached hydrogens (tertiary/aromatic N) is 3. The molecule has 1 aromatic heterocycles. The molecule has 0 unspecified atom stereocenters. The molecule has 0 aromatic carbocycles. The van der Waals surface area contributed by atoms with E-state index in [0.29, 0.717) is 17.7 Å². The van der Waals surface area contributed by atoms with Gasteiger partial charge in [-0.05, 0) is 27.7 Å². The summed E-state index contributed by atoms with van der Waals surface area (Å²) in [5.41, 5.74) is -0.211. The quantitative estimate of drug-likeness (QED) is 0.792. The summed E-state index contributed by atoms with van der Waals surface area (Å²) < 4.78 is 27.6. The zero-order valence-electron chi connectivity index (χ0n) is 12.4. The lowest BCUT2D eigenvalue weighted by Crippen LogP contribution is -2.18. The fraction of sp³-hybridized carbons (Fsp3) is 0.692. The maximum Gasteiger partial charge on any atom is 0.282 e. The number of oxime groups is 1. The van der Waals surface area contributed by atoms with Crippen molar-refractivity contribution in [3.8, 4) is 0 Å². The summed E-state index contributed by atoms with van der Waals surface area (Å²) in [6.45, 7) is 7.56. The zero-order valence-corrected chi connectivity index (χ0v) is 13.9. The minimum atomic E-state index is -2.64. The van der Waals surface area contributed by atoms with Crippen molar-refractivity contribution in [2.24, 2.45) is 5.16 Å². The first-order chi connectivity index (χ1) is 9.71. The molecule has 0 saturated heterocycles. The predicted octanol–water partition coefficient (Wildman–Crippen LogP) is 4.80. The molecule has 4 nitrogen and oxygen atoms in total. The number of thioether (sulfide) groups is 1. The topological polar surface area (TPSA) is 39.4 Å². The fourth-order valence-corrected chi connectivity index (χ4v) is 3.56. The molecule has 0 saturated carbocycles. The van der Waals surface area contributed by atoms with Crippen LogP contribution < -0.4 is 0 Å². The average Bonchev–Trinajstić information content (AvgIpc) is 2.87. The largest absolute Gasteiger partial charge is 0.389 e. The van der Waals surface area contributed by atoms with Crippen molar-refractivity contribution in [3.05, 3.63) is 16.4 Å². The van der Waals surface area contributed by atoms with E-state index in [2.05, 4.69) is 10.3 Å². The lowest BCUT2D eigenvalue weighted by Gasteiger charge is -2.13. The highest BCUT2D eigenvalue weighted by atomic mass is 35.5. The van der Waals surface area contributed by atoms with E-state index in [1.54, 1.807) is 0 Å². The molecule has 2 rings (SSSR count). The molecule has 118 valence electrons. The molecule has 1 aliphatic rings. The third-order valence-electron chi connectivity index (χ3n) is 3.03. The maximum atomic E-state index is 13.1. The van der Waals surface area contributed by atoms with Crippen LogP contribution in [0.25, 0.3) is 0 Å². The Morgan fingerprint density at radius 3 is 2.57 bits per heavy atom. The second-order valence-electron chi connectivity index (χ2n) is 5.80. The highest BCUT2D eigenvalue weighted by molar-refractivity contribution is 8.13. The van der Waals surface area contributed by atoms with Crippen molar-refractivity contribution in [2.75, 3.05) is 0 Å². The smallest absolute Gasteiger partial charge is 0.282 e. The van der Waals surface area contributed by atoms with Crippen LogP contribution in [0, 0.1) is 0 Å². The number of aromatic nitrogens is 2. The highest BCUT2D eigenvalue weighted by Crippen LogP contribution is 2.35. The molecular weight excluding hydrogens is 320 g/mol. The molecule has 1 aliphatic heterocycles. The highest BCUT2D eigenvalue weighted by Gasteiger charge is 2.30.